The molecule has 0 aromatic heterocycles. The second kappa shape index (κ2) is 9.93. The maximum Gasteiger partial charge on any atom is 0.327 e. The van der Waals surface area contributed by atoms with Crippen molar-refractivity contribution in [3.8, 4) is 0 Å². The number of esters is 1. The van der Waals surface area contributed by atoms with Crippen molar-refractivity contribution in [2.75, 3.05) is 13.2 Å². The molecule has 5 heteroatoms. The molecule has 0 saturated carbocycles. The first-order chi connectivity index (χ1) is 12.1. The molecule has 0 aliphatic heterocycles. The van der Waals surface area contributed by atoms with Gasteiger partial charge in [-0.05, 0) is 24.5 Å². The molecule has 0 aliphatic carbocycles. The van der Waals surface area contributed by atoms with Crippen LogP contribution in [0.5, 0.6) is 0 Å². The highest BCUT2D eigenvalue weighted by Gasteiger charge is 2.24. The average Bonchev–Trinajstić information content (AvgIpc) is 2.63. The van der Waals surface area contributed by atoms with E-state index in [1.54, 1.807) is 6.92 Å². The van der Waals surface area contributed by atoms with Gasteiger partial charge < -0.3 is 15.6 Å². The molecule has 3 atom stereocenters. The number of carbonyl (C=O) groups excluding carboxylic acids is 1. The number of hydrogen-bond acceptors (Lipinski definition) is 5. The van der Waals surface area contributed by atoms with E-state index in [1.807, 2.05) is 60.7 Å². The van der Waals surface area contributed by atoms with E-state index >= 15 is 0 Å². The van der Waals surface area contributed by atoms with Crippen LogP contribution in [0.2, 0.25) is 0 Å². The number of ether oxygens (including phenoxy) is 1. The minimum Gasteiger partial charge on any atom is -0.465 e. The Morgan fingerprint density at radius 1 is 1.12 bits per heavy atom. The van der Waals surface area contributed by atoms with E-state index in [9.17, 15) is 9.90 Å². The van der Waals surface area contributed by atoms with E-state index in [1.165, 1.54) is 0 Å². The number of nitrogens with one attached hydrogen (secondary N) is 1. The minimum absolute atomic E-state index is 0.201. The molecule has 0 aliphatic rings. The number of carbonyl (C=O) groups is 1. The molecule has 4 N–H and O–H groups in total. The fraction of sp³-hybridized carbons (Fsp3) is 0.350. The molecule has 2 rings (SSSR count). The summed E-state index contributed by atoms with van der Waals surface area (Å²) in [4.78, 5) is 12.2. The molecule has 0 heterocycles. The van der Waals surface area contributed by atoms with Crippen molar-refractivity contribution in [2.45, 2.75) is 31.5 Å². The molecule has 2 aromatic carbocycles. The zero-order valence-electron chi connectivity index (χ0n) is 14.5. The first kappa shape index (κ1) is 19.1. The fourth-order valence-electron chi connectivity index (χ4n) is 2.62. The third kappa shape index (κ3) is 5.98. The lowest BCUT2D eigenvalue weighted by atomic mass is 10.0. The Morgan fingerprint density at radius 2 is 1.72 bits per heavy atom. The first-order valence-corrected chi connectivity index (χ1v) is 8.54. The largest absolute Gasteiger partial charge is 0.465 e. The van der Waals surface area contributed by atoms with Gasteiger partial charge >= 0.3 is 5.97 Å². The summed E-state index contributed by atoms with van der Waals surface area (Å²) < 4.78 is 5.13. The second-order valence-electron chi connectivity index (χ2n) is 5.92. The maximum absolute atomic E-state index is 12.2. The number of hydrogen-bond donors (Lipinski definition) is 3. The van der Waals surface area contributed by atoms with Crippen LogP contribution in [0.4, 0.5) is 0 Å². The molecular formula is C20H26N2O3. The summed E-state index contributed by atoms with van der Waals surface area (Å²) in [5.41, 5.74) is 7.97. The highest BCUT2D eigenvalue weighted by Crippen LogP contribution is 2.15. The molecular weight excluding hydrogens is 316 g/mol. The van der Waals surface area contributed by atoms with Crippen LogP contribution in [-0.2, 0) is 16.0 Å². The summed E-state index contributed by atoms with van der Waals surface area (Å²) in [6.07, 6.45) is -0.208. The van der Waals surface area contributed by atoms with Crippen molar-refractivity contribution >= 4 is 5.97 Å². The van der Waals surface area contributed by atoms with Gasteiger partial charge in [0.2, 0.25) is 0 Å². The standard InChI is InChI=1S/C20H26N2O3/c1-2-25-20(24)19(16-11-7-4-8-12-16)22-14-18(23)17(21)13-15-9-5-3-6-10-15/h3-12,17-19,22-23H,2,13-14,21H2,1H3/t17-,18+,19?/m0/s1. The third-order valence-electron chi connectivity index (χ3n) is 3.99. The quantitative estimate of drug-likeness (QED) is 0.605. The van der Waals surface area contributed by atoms with E-state index in [4.69, 9.17) is 10.5 Å². The van der Waals surface area contributed by atoms with Gasteiger partial charge in [-0.1, -0.05) is 60.7 Å². The molecule has 0 radical (unpaired) electrons. The SMILES string of the molecule is CCOC(=O)C(NC[C@@H](O)[C@@H](N)Cc1ccccc1)c1ccccc1. The molecule has 5 nitrogen and oxygen atoms in total. The lowest BCUT2D eigenvalue weighted by molar-refractivity contribution is -0.146. The Balaban J connectivity index is 1.95. The summed E-state index contributed by atoms with van der Waals surface area (Å²) >= 11 is 0. The Bertz CT molecular complexity index is 634. The van der Waals surface area contributed by atoms with Gasteiger partial charge in [-0.3, -0.25) is 5.32 Å². The number of aliphatic hydroxyl groups excluding tert-OH is 1. The highest BCUT2D eigenvalue weighted by atomic mass is 16.5. The van der Waals surface area contributed by atoms with Crippen LogP contribution in [0.25, 0.3) is 0 Å². The van der Waals surface area contributed by atoms with Crippen molar-refractivity contribution in [1.29, 1.82) is 0 Å². The number of nitrogens with two attached hydrogens (primary N) is 1. The van der Waals surface area contributed by atoms with E-state index in [-0.39, 0.29) is 12.5 Å². The lowest BCUT2D eigenvalue weighted by Crippen LogP contribution is -2.45. The van der Waals surface area contributed by atoms with E-state index < -0.39 is 18.2 Å². The van der Waals surface area contributed by atoms with Crippen LogP contribution in [0.15, 0.2) is 60.7 Å². The summed E-state index contributed by atoms with van der Waals surface area (Å²) in [6, 6.07) is 18.0. The molecule has 1 unspecified atom stereocenters. The normalized spacial score (nSPS) is 14.5. The third-order valence-corrected chi connectivity index (χ3v) is 3.99. The average molecular weight is 342 g/mol. The molecule has 134 valence electrons. The predicted octanol–water partition coefficient (Wildman–Crippen LogP) is 1.81. The molecule has 0 spiro atoms. The van der Waals surface area contributed by atoms with Gasteiger partial charge in [-0.2, -0.15) is 0 Å². The maximum atomic E-state index is 12.2. The van der Waals surface area contributed by atoms with Gasteiger partial charge in [-0.15, -0.1) is 0 Å². The van der Waals surface area contributed by atoms with Gasteiger partial charge in [0.25, 0.3) is 0 Å². The summed E-state index contributed by atoms with van der Waals surface area (Å²) in [6.45, 7) is 2.27. The summed E-state index contributed by atoms with van der Waals surface area (Å²) in [7, 11) is 0. The van der Waals surface area contributed by atoms with Gasteiger partial charge in [0.1, 0.15) is 6.04 Å². The first-order valence-electron chi connectivity index (χ1n) is 8.54. The van der Waals surface area contributed by atoms with Crippen molar-refractivity contribution < 1.29 is 14.6 Å². The van der Waals surface area contributed by atoms with Crippen LogP contribution in [0.1, 0.15) is 24.1 Å². The Morgan fingerprint density at radius 3 is 2.32 bits per heavy atom. The second-order valence-corrected chi connectivity index (χ2v) is 5.92. The molecule has 0 amide bonds. The fourth-order valence-corrected chi connectivity index (χ4v) is 2.62. The molecule has 0 saturated heterocycles. The lowest BCUT2D eigenvalue weighted by Gasteiger charge is -2.23. The van der Waals surface area contributed by atoms with Crippen molar-refractivity contribution in [1.82, 2.24) is 5.32 Å². The Kier molecular flexibility index (Phi) is 7.60. The van der Waals surface area contributed by atoms with Gasteiger partial charge in [0.15, 0.2) is 0 Å². The van der Waals surface area contributed by atoms with Crippen LogP contribution in [0.3, 0.4) is 0 Å². The Hall–Kier alpha value is -2.21. The summed E-state index contributed by atoms with van der Waals surface area (Å²) in [5.74, 6) is -0.363. The van der Waals surface area contributed by atoms with Crippen LogP contribution in [0, 0.1) is 0 Å². The number of aliphatic hydroxyl groups is 1. The molecule has 0 fully saturated rings. The molecule has 0 bridgehead atoms. The van der Waals surface area contributed by atoms with Crippen molar-refractivity contribution in [3.05, 3.63) is 71.8 Å². The van der Waals surface area contributed by atoms with Crippen LogP contribution >= 0.6 is 0 Å². The smallest absolute Gasteiger partial charge is 0.327 e. The van der Waals surface area contributed by atoms with Crippen molar-refractivity contribution in [2.24, 2.45) is 5.73 Å². The van der Waals surface area contributed by atoms with Gasteiger partial charge in [-0.25, -0.2) is 4.79 Å². The minimum atomic E-state index is -0.777. The topological polar surface area (TPSA) is 84.6 Å². The van der Waals surface area contributed by atoms with Crippen LogP contribution in [-0.4, -0.2) is 36.4 Å². The number of benzene rings is 2. The highest BCUT2D eigenvalue weighted by molar-refractivity contribution is 5.77. The van der Waals surface area contributed by atoms with Gasteiger partial charge in [0.05, 0.1) is 12.7 Å². The zero-order chi connectivity index (χ0) is 18.1. The van der Waals surface area contributed by atoms with Crippen LogP contribution < -0.4 is 11.1 Å². The van der Waals surface area contributed by atoms with Crippen molar-refractivity contribution in [3.63, 3.8) is 0 Å². The monoisotopic (exact) mass is 342 g/mol. The van der Waals surface area contributed by atoms with Gasteiger partial charge in [0, 0.05) is 12.6 Å². The summed E-state index contributed by atoms with van der Waals surface area (Å²) in [5, 5.41) is 13.4. The zero-order valence-corrected chi connectivity index (χ0v) is 14.5. The van der Waals surface area contributed by atoms with E-state index in [0.29, 0.717) is 13.0 Å². The number of rotatable bonds is 9. The van der Waals surface area contributed by atoms with E-state index in [2.05, 4.69) is 5.32 Å². The molecule has 25 heavy (non-hydrogen) atoms. The van der Waals surface area contributed by atoms with E-state index in [0.717, 1.165) is 11.1 Å². The molecule has 2 aromatic rings. The predicted molar refractivity (Wildman–Crippen MR) is 97.9 cm³/mol. The Labute approximate surface area is 148 Å².